The largest absolute Gasteiger partial charge is 0.352 e. The quantitative estimate of drug-likeness (QED) is 0.860. The number of benzene rings is 1. The minimum atomic E-state index is 0.0553. The molecule has 2 rings (SSSR count). The average Bonchev–Trinajstić information content (AvgIpc) is 2.49. The third kappa shape index (κ3) is 5.35. The van der Waals surface area contributed by atoms with Crippen LogP contribution < -0.4 is 10.6 Å². The average molecular weight is 316 g/mol. The van der Waals surface area contributed by atoms with Crippen LogP contribution in [0.25, 0.3) is 0 Å². The van der Waals surface area contributed by atoms with E-state index in [4.69, 9.17) is 0 Å². The molecule has 0 saturated heterocycles. The molecule has 3 nitrogen and oxygen atoms in total. The van der Waals surface area contributed by atoms with Crippen molar-refractivity contribution >= 4 is 5.91 Å². The highest BCUT2D eigenvalue weighted by Crippen LogP contribution is 2.32. The molecule has 1 fully saturated rings. The van der Waals surface area contributed by atoms with Crippen molar-refractivity contribution in [2.24, 2.45) is 11.3 Å². The SMILES string of the molecule is C[C@@H]1CCCC[C@H]1NC(=O)CN[C@H](c1ccccc1)C(C)(C)C. The molecule has 1 saturated carbocycles. The highest BCUT2D eigenvalue weighted by molar-refractivity contribution is 5.78. The van der Waals surface area contributed by atoms with Crippen LogP contribution in [0, 0.1) is 11.3 Å². The predicted molar refractivity (Wildman–Crippen MR) is 96.2 cm³/mol. The molecule has 2 N–H and O–H groups in total. The van der Waals surface area contributed by atoms with Crippen LogP contribution in [-0.4, -0.2) is 18.5 Å². The van der Waals surface area contributed by atoms with Gasteiger partial charge in [0.25, 0.3) is 0 Å². The summed E-state index contributed by atoms with van der Waals surface area (Å²) in [5.74, 6) is 0.717. The highest BCUT2D eigenvalue weighted by Gasteiger charge is 2.27. The van der Waals surface area contributed by atoms with Crippen molar-refractivity contribution in [3.8, 4) is 0 Å². The van der Waals surface area contributed by atoms with Crippen LogP contribution in [0.1, 0.15) is 65.0 Å². The zero-order valence-electron chi connectivity index (χ0n) is 15.1. The van der Waals surface area contributed by atoms with Gasteiger partial charge in [-0.3, -0.25) is 4.79 Å². The molecule has 0 aliphatic heterocycles. The number of hydrogen-bond donors (Lipinski definition) is 2. The topological polar surface area (TPSA) is 41.1 Å². The van der Waals surface area contributed by atoms with E-state index in [0.717, 1.165) is 6.42 Å². The van der Waals surface area contributed by atoms with Crippen molar-refractivity contribution in [1.82, 2.24) is 10.6 Å². The summed E-state index contributed by atoms with van der Waals surface area (Å²) in [6.45, 7) is 9.25. The van der Waals surface area contributed by atoms with E-state index < -0.39 is 0 Å². The Kier molecular flexibility index (Phi) is 6.23. The van der Waals surface area contributed by atoms with Gasteiger partial charge in [0.1, 0.15) is 0 Å². The first-order valence-electron chi connectivity index (χ1n) is 8.95. The van der Waals surface area contributed by atoms with Gasteiger partial charge in [-0.1, -0.05) is 70.9 Å². The van der Waals surface area contributed by atoms with E-state index in [1.807, 2.05) is 6.07 Å². The van der Waals surface area contributed by atoms with Crippen molar-refractivity contribution < 1.29 is 4.79 Å². The van der Waals surface area contributed by atoms with Crippen LogP contribution in [0.15, 0.2) is 30.3 Å². The fraction of sp³-hybridized carbons (Fsp3) is 0.650. The summed E-state index contributed by atoms with van der Waals surface area (Å²) in [6, 6.07) is 10.9. The zero-order valence-corrected chi connectivity index (χ0v) is 15.1. The molecule has 3 atom stereocenters. The summed E-state index contributed by atoms with van der Waals surface area (Å²) < 4.78 is 0. The first-order chi connectivity index (χ1) is 10.9. The Bertz CT molecular complexity index is 492. The number of carbonyl (C=O) groups is 1. The Labute approximate surface area is 141 Å². The molecule has 0 aromatic heterocycles. The second-order valence-electron chi connectivity index (χ2n) is 8.03. The summed E-state index contributed by atoms with van der Waals surface area (Å²) in [7, 11) is 0. The van der Waals surface area contributed by atoms with E-state index in [1.54, 1.807) is 0 Å². The number of rotatable bonds is 5. The van der Waals surface area contributed by atoms with E-state index in [2.05, 4.69) is 62.6 Å². The number of carbonyl (C=O) groups excluding carboxylic acids is 1. The molecule has 1 amide bonds. The molecule has 0 bridgehead atoms. The Morgan fingerprint density at radius 2 is 1.83 bits per heavy atom. The lowest BCUT2D eigenvalue weighted by Crippen LogP contribution is -2.46. The molecule has 1 aromatic rings. The lowest BCUT2D eigenvalue weighted by Gasteiger charge is -2.33. The summed E-state index contributed by atoms with van der Waals surface area (Å²) in [4.78, 5) is 12.3. The maximum atomic E-state index is 12.3. The Morgan fingerprint density at radius 1 is 1.17 bits per heavy atom. The normalized spacial score (nSPS) is 23.3. The van der Waals surface area contributed by atoms with Gasteiger partial charge in [0, 0.05) is 12.1 Å². The number of nitrogens with one attached hydrogen (secondary N) is 2. The van der Waals surface area contributed by atoms with Crippen LogP contribution in [-0.2, 0) is 4.79 Å². The second-order valence-corrected chi connectivity index (χ2v) is 8.03. The molecular weight excluding hydrogens is 284 g/mol. The minimum Gasteiger partial charge on any atom is -0.352 e. The van der Waals surface area contributed by atoms with E-state index in [0.29, 0.717) is 18.5 Å². The first kappa shape index (κ1) is 18.0. The molecule has 0 radical (unpaired) electrons. The third-order valence-electron chi connectivity index (χ3n) is 4.92. The van der Waals surface area contributed by atoms with Crippen LogP contribution in [0.4, 0.5) is 0 Å². The minimum absolute atomic E-state index is 0.0553. The fourth-order valence-corrected chi connectivity index (χ4v) is 3.55. The first-order valence-corrected chi connectivity index (χ1v) is 8.95. The van der Waals surface area contributed by atoms with Gasteiger partial charge in [-0.25, -0.2) is 0 Å². The van der Waals surface area contributed by atoms with Crippen LogP contribution in [0.2, 0.25) is 0 Å². The Hall–Kier alpha value is -1.35. The molecule has 1 aliphatic carbocycles. The third-order valence-corrected chi connectivity index (χ3v) is 4.92. The van der Waals surface area contributed by atoms with E-state index in [9.17, 15) is 4.79 Å². The van der Waals surface area contributed by atoms with E-state index >= 15 is 0 Å². The summed E-state index contributed by atoms with van der Waals surface area (Å²) in [6.07, 6.45) is 4.88. The van der Waals surface area contributed by atoms with E-state index in [1.165, 1.54) is 24.8 Å². The summed E-state index contributed by atoms with van der Waals surface area (Å²) in [5, 5.41) is 6.69. The zero-order chi connectivity index (χ0) is 16.9. The molecule has 1 aromatic carbocycles. The van der Waals surface area contributed by atoms with Gasteiger partial charge in [-0.05, 0) is 29.7 Å². The van der Waals surface area contributed by atoms with Crippen molar-refractivity contribution in [1.29, 1.82) is 0 Å². The van der Waals surface area contributed by atoms with Crippen molar-refractivity contribution in [2.45, 2.75) is 65.5 Å². The monoisotopic (exact) mass is 316 g/mol. The molecule has 0 spiro atoms. The molecule has 3 heteroatoms. The van der Waals surface area contributed by atoms with Gasteiger partial charge < -0.3 is 10.6 Å². The number of amides is 1. The van der Waals surface area contributed by atoms with Gasteiger partial charge in [0.15, 0.2) is 0 Å². The van der Waals surface area contributed by atoms with Gasteiger partial charge in [0.05, 0.1) is 6.54 Å². The molecule has 0 unspecified atom stereocenters. The van der Waals surface area contributed by atoms with Crippen molar-refractivity contribution in [2.75, 3.05) is 6.54 Å². The number of hydrogen-bond acceptors (Lipinski definition) is 2. The fourth-order valence-electron chi connectivity index (χ4n) is 3.55. The summed E-state index contributed by atoms with van der Waals surface area (Å²) in [5.41, 5.74) is 1.29. The van der Waals surface area contributed by atoms with Gasteiger partial charge in [0.2, 0.25) is 5.91 Å². The Balaban J connectivity index is 1.92. The van der Waals surface area contributed by atoms with E-state index in [-0.39, 0.29) is 17.4 Å². The molecule has 128 valence electrons. The second kappa shape index (κ2) is 7.96. The van der Waals surface area contributed by atoms with Crippen molar-refractivity contribution in [3.63, 3.8) is 0 Å². The lowest BCUT2D eigenvalue weighted by atomic mass is 9.82. The highest BCUT2D eigenvalue weighted by atomic mass is 16.2. The Morgan fingerprint density at radius 3 is 2.43 bits per heavy atom. The molecule has 23 heavy (non-hydrogen) atoms. The summed E-state index contributed by atoms with van der Waals surface area (Å²) >= 11 is 0. The predicted octanol–water partition coefficient (Wildman–Crippen LogP) is 4.06. The molecular formula is C20H32N2O. The molecule has 0 heterocycles. The van der Waals surface area contributed by atoms with Gasteiger partial charge >= 0.3 is 0 Å². The van der Waals surface area contributed by atoms with Crippen molar-refractivity contribution in [3.05, 3.63) is 35.9 Å². The maximum Gasteiger partial charge on any atom is 0.234 e. The van der Waals surface area contributed by atoms with Gasteiger partial charge in [-0.15, -0.1) is 0 Å². The molecule has 1 aliphatic rings. The standard InChI is InChI=1S/C20H32N2O/c1-15-10-8-9-13-17(15)22-18(23)14-21-19(20(2,3)4)16-11-6-5-7-12-16/h5-7,11-12,15,17,19,21H,8-10,13-14H2,1-4H3,(H,22,23)/t15-,17-,19-/m1/s1. The maximum absolute atomic E-state index is 12.3. The van der Waals surface area contributed by atoms with Crippen LogP contribution in [0.5, 0.6) is 0 Å². The van der Waals surface area contributed by atoms with Crippen LogP contribution in [0.3, 0.4) is 0 Å². The van der Waals surface area contributed by atoms with Crippen LogP contribution >= 0.6 is 0 Å². The van der Waals surface area contributed by atoms with Gasteiger partial charge in [-0.2, -0.15) is 0 Å². The smallest absolute Gasteiger partial charge is 0.234 e. The lowest BCUT2D eigenvalue weighted by molar-refractivity contribution is -0.121.